The predicted octanol–water partition coefficient (Wildman–Crippen LogP) is 4.70. The first-order valence-electron chi connectivity index (χ1n) is 7.74. The molecular formula is C20H20O2. The van der Waals surface area contributed by atoms with Crippen molar-refractivity contribution in [3.8, 4) is 0 Å². The number of hydrogen-bond donors (Lipinski definition) is 0. The van der Waals surface area contributed by atoms with Gasteiger partial charge < -0.3 is 4.42 Å². The van der Waals surface area contributed by atoms with Crippen molar-refractivity contribution in [2.45, 2.75) is 32.6 Å². The molecule has 0 radical (unpaired) electrons. The van der Waals surface area contributed by atoms with Gasteiger partial charge in [-0.15, -0.1) is 0 Å². The topological polar surface area (TPSA) is 30.2 Å². The van der Waals surface area contributed by atoms with Gasteiger partial charge in [0.2, 0.25) is 0 Å². The summed E-state index contributed by atoms with van der Waals surface area (Å²) in [4.78, 5) is 11.5. The van der Waals surface area contributed by atoms with Gasteiger partial charge in [-0.1, -0.05) is 50.2 Å². The Hall–Kier alpha value is -2.35. The van der Waals surface area contributed by atoms with Crippen molar-refractivity contribution in [3.05, 3.63) is 81.7 Å². The van der Waals surface area contributed by atoms with E-state index in [2.05, 4.69) is 50.2 Å². The van der Waals surface area contributed by atoms with Gasteiger partial charge in [-0.2, -0.15) is 0 Å². The molecule has 3 aromatic rings. The molecule has 0 atom stereocenters. The summed E-state index contributed by atoms with van der Waals surface area (Å²) in [7, 11) is 0. The third-order valence-corrected chi connectivity index (χ3v) is 3.97. The van der Waals surface area contributed by atoms with Crippen LogP contribution in [0.5, 0.6) is 0 Å². The second-order valence-electron chi connectivity index (χ2n) is 6.00. The molecule has 22 heavy (non-hydrogen) atoms. The molecular weight excluding hydrogens is 272 g/mol. The first-order valence-corrected chi connectivity index (χ1v) is 7.74. The molecule has 2 nitrogen and oxygen atoms in total. The molecule has 1 heterocycles. The average molecular weight is 292 g/mol. The standard InChI is InChI=1S/C20H20O2/c1-14(2)18-13-16(9-8-15-6-4-3-5-7-15)12-17-10-11-19(21)22-20(17)18/h3-7,10-14H,8-9H2,1-2H3. The summed E-state index contributed by atoms with van der Waals surface area (Å²) in [6.07, 6.45) is 2.00. The Morgan fingerprint density at radius 1 is 0.909 bits per heavy atom. The molecule has 0 aliphatic carbocycles. The van der Waals surface area contributed by atoms with Crippen LogP contribution in [0.1, 0.15) is 36.5 Å². The molecule has 0 spiro atoms. The van der Waals surface area contributed by atoms with Gasteiger partial charge in [0.05, 0.1) is 0 Å². The van der Waals surface area contributed by atoms with Gasteiger partial charge in [0, 0.05) is 11.5 Å². The van der Waals surface area contributed by atoms with Crippen molar-refractivity contribution in [1.82, 2.24) is 0 Å². The summed E-state index contributed by atoms with van der Waals surface area (Å²) in [5, 5.41) is 1.01. The number of aryl methyl sites for hydroxylation is 2. The number of fused-ring (bicyclic) bond motifs is 1. The highest BCUT2D eigenvalue weighted by Gasteiger charge is 2.10. The Kier molecular flexibility index (Phi) is 4.10. The Bertz CT molecular complexity index is 829. The molecule has 1 aromatic heterocycles. The van der Waals surface area contributed by atoms with Crippen LogP contribution in [0.3, 0.4) is 0 Å². The van der Waals surface area contributed by atoms with Gasteiger partial charge in [0.25, 0.3) is 0 Å². The van der Waals surface area contributed by atoms with Gasteiger partial charge in [0.1, 0.15) is 5.58 Å². The zero-order valence-corrected chi connectivity index (χ0v) is 13.0. The zero-order valence-electron chi connectivity index (χ0n) is 13.0. The Morgan fingerprint density at radius 3 is 2.36 bits per heavy atom. The third-order valence-electron chi connectivity index (χ3n) is 3.97. The van der Waals surface area contributed by atoms with E-state index in [0.717, 1.165) is 29.4 Å². The van der Waals surface area contributed by atoms with E-state index in [1.807, 2.05) is 12.1 Å². The summed E-state index contributed by atoms with van der Waals surface area (Å²) < 4.78 is 5.42. The fourth-order valence-corrected chi connectivity index (χ4v) is 2.78. The normalized spacial score (nSPS) is 11.2. The second kappa shape index (κ2) is 6.18. The van der Waals surface area contributed by atoms with Crippen molar-refractivity contribution in [3.63, 3.8) is 0 Å². The molecule has 0 unspecified atom stereocenters. The van der Waals surface area contributed by atoms with E-state index >= 15 is 0 Å². The quantitative estimate of drug-likeness (QED) is 0.652. The number of benzene rings is 2. The van der Waals surface area contributed by atoms with Crippen LogP contribution in [0.15, 0.2) is 63.8 Å². The highest BCUT2D eigenvalue weighted by atomic mass is 16.4. The Labute approximate surface area is 130 Å². The summed E-state index contributed by atoms with van der Waals surface area (Å²) >= 11 is 0. The maximum atomic E-state index is 11.5. The number of hydrogen-bond acceptors (Lipinski definition) is 2. The van der Waals surface area contributed by atoms with Crippen molar-refractivity contribution in [1.29, 1.82) is 0 Å². The molecule has 3 rings (SSSR count). The van der Waals surface area contributed by atoms with Gasteiger partial charge >= 0.3 is 5.63 Å². The fraction of sp³-hybridized carbons (Fsp3) is 0.250. The van der Waals surface area contributed by atoms with E-state index in [1.54, 1.807) is 0 Å². The van der Waals surface area contributed by atoms with Crippen molar-refractivity contribution < 1.29 is 4.42 Å². The third kappa shape index (κ3) is 3.11. The highest BCUT2D eigenvalue weighted by molar-refractivity contribution is 5.81. The van der Waals surface area contributed by atoms with E-state index in [-0.39, 0.29) is 5.63 Å². The Morgan fingerprint density at radius 2 is 1.64 bits per heavy atom. The van der Waals surface area contributed by atoms with E-state index in [4.69, 9.17) is 4.42 Å². The summed E-state index contributed by atoms with van der Waals surface area (Å²) in [5.41, 5.74) is 4.18. The van der Waals surface area contributed by atoms with Crippen LogP contribution in [-0.4, -0.2) is 0 Å². The van der Waals surface area contributed by atoms with Gasteiger partial charge in [-0.25, -0.2) is 4.79 Å². The first kappa shape index (κ1) is 14.6. The lowest BCUT2D eigenvalue weighted by molar-refractivity contribution is 0.554. The molecule has 0 fully saturated rings. The van der Waals surface area contributed by atoms with Crippen molar-refractivity contribution in [2.24, 2.45) is 0 Å². The smallest absolute Gasteiger partial charge is 0.336 e. The van der Waals surface area contributed by atoms with Crippen LogP contribution in [0.2, 0.25) is 0 Å². The van der Waals surface area contributed by atoms with E-state index in [1.165, 1.54) is 17.2 Å². The van der Waals surface area contributed by atoms with Crippen LogP contribution in [-0.2, 0) is 12.8 Å². The molecule has 0 saturated heterocycles. The molecule has 2 aromatic carbocycles. The molecule has 0 amide bonds. The van der Waals surface area contributed by atoms with E-state index < -0.39 is 0 Å². The first-order chi connectivity index (χ1) is 10.6. The minimum Gasteiger partial charge on any atom is -0.422 e. The van der Waals surface area contributed by atoms with Gasteiger partial charge in [0.15, 0.2) is 0 Å². The average Bonchev–Trinajstić information content (AvgIpc) is 2.53. The van der Waals surface area contributed by atoms with Crippen molar-refractivity contribution >= 4 is 11.0 Å². The van der Waals surface area contributed by atoms with Crippen LogP contribution < -0.4 is 5.63 Å². The molecule has 112 valence electrons. The van der Waals surface area contributed by atoms with Gasteiger partial charge in [-0.3, -0.25) is 0 Å². The fourth-order valence-electron chi connectivity index (χ4n) is 2.78. The zero-order chi connectivity index (χ0) is 15.5. The van der Waals surface area contributed by atoms with Crippen LogP contribution in [0, 0.1) is 0 Å². The van der Waals surface area contributed by atoms with Crippen molar-refractivity contribution in [2.75, 3.05) is 0 Å². The van der Waals surface area contributed by atoms with Crippen LogP contribution in [0.4, 0.5) is 0 Å². The highest BCUT2D eigenvalue weighted by Crippen LogP contribution is 2.27. The maximum absolute atomic E-state index is 11.5. The molecule has 2 heteroatoms. The maximum Gasteiger partial charge on any atom is 0.336 e. The van der Waals surface area contributed by atoms with Crippen LogP contribution in [0.25, 0.3) is 11.0 Å². The molecule has 0 N–H and O–H groups in total. The van der Waals surface area contributed by atoms with E-state index in [9.17, 15) is 4.79 Å². The predicted molar refractivity (Wildman–Crippen MR) is 90.4 cm³/mol. The lowest BCUT2D eigenvalue weighted by Crippen LogP contribution is -2.00. The molecule has 0 bridgehead atoms. The van der Waals surface area contributed by atoms with Gasteiger partial charge in [-0.05, 0) is 47.6 Å². The largest absolute Gasteiger partial charge is 0.422 e. The second-order valence-corrected chi connectivity index (χ2v) is 6.00. The monoisotopic (exact) mass is 292 g/mol. The lowest BCUT2D eigenvalue weighted by atomic mass is 9.95. The van der Waals surface area contributed by atoms with Crippen LogP contribution >= 0.6 is 0 Å². The molecule has 0 aliphatic rings. The SMILES string of the molecule is CC(C)c1cc(CCc2ccccc2)cc2ccc(=O)oc12. The summed E-state index contributed by atoms with van der Waals surface area (Å²) in [6.45, 7) is 4.26. The Balaban J connectivity index is 1.97. The minimum atomic E-state index is -0.286. The summed E-state index contributed by atoms with van der Waals surface area (Å²) in [5.74, 6) is 0.324. The molecule has 0 aliphatic heterocycles. The summed E-state index contributed by atoms with van der Waals surface area (Å²) in [6, 6.07) is 18.2. The van der Waals surface area contributed by atoms with E-state index in [0.29, 0.717) is 5.92 Å². The molecule has 0 saturated carbocycles. The minimum absolute atomic E-state index is 0.286. The number of rotatable bonds is 4. The lowest BCUT2D eigenvalue weighted by Gasteiger charge is -2.11.